The van der Waals surface area contributed by atoms with Gasteiger partial charge in [0.2, 0.25) is 0 Å². The fourth-order valence-corrected chi connectivity index (χ4v) is 2.29. The first kappa shape index (κ1) is 13.9. The van der Waals surface area contributed by atoms with Gasteiger partial charge in [-0.2, -0.15) is 0 Å². The zero-order chi connectivity index (χ0) is 15.7. The van der Waals surface area contributed by atoms with Crippen molar-refractivity contribution in [1.82, 2.24) is 9.36 Å². The number of benzene rings is 1. The second kappa shape index (κ2) is 5.40. The molecule has 0 saturated carbocycles. The van der Waals surface area contributed by atoms with Crippen molar-refractivity contribution in [3.8, 4) is 5.69 Å². The first-order valence-corrected chi connectivity index (χ1v) is 6.77. The number of hydrogen-bond acceptors (Lipinski definition) is 3. The molecule has 0 saturated heterocycles. The fraction of sp³-hybridized carbons (Fsp3) is 0.125. The maximum Gasteiger partial charge on any atom is 0.295 e. The first-order chi connectivity index (χ1) is 10.6. The molecule has 2 heterocycles. The molecule has 0 aliphatic heterocycles. The van der Waals surface area contributed by atoms with Crippen LogP contribution in [-0.2, 0) is 7.05 Å². The molecule has 0 atom stereocenters. The normalized spacial score (nSPS) is 10.6. The fourth-order valence-electron chi connectivity index (χ4n) is 2.29. The van der Waals surface area contributed by atoms with E-state index in [-0.39, 0.29) is 17.2 Å². The molecule has 3 aromatic rings. The van der Waals surface area contributed by atoms with Crippen LogP contribution >= 0.6 is 0 Å². The molecular formula is C16H15N3O3. The average Bonchev–Trinajstić information content (AvgIpc) is 3.13. The maximum absolute atomic E-state index is 12.6. The van der Waals surface area contributed by atoms with E-state index < -0.39 is 0 Å². The van der Waals surface area contributed by atoms with E-state index in [9.17, 15) is 9.59 Å². The van der Waals surface area contributed by atoms with E-state index in [0.29, 0.717) is 11.3 Å². The van der Waals surface area contributed by atoms with Crippen LogP contribution in [0.5, 0.6) is 0 Å². The van der Waals surface area contributed by atoms with Gasteiger partial charge in [-0.3, -0.25) is 14.3 Å². The summed E-state index contributed by atoms with van der Waals surface area (Å²) in [6.07, 6.45) is 2.75. The minimum Gasteiger partial charge on any atom is -0.472 e. The van der Waals surface area contributed by atoms with E-state index in [2.05, 4.69) is 5.32 Å². The third kappa shape index (κ3) is 2.24. The van der Waals surface area contributed by atoms with E-state index in [0.717, 1.165) is 5.69 Å². The lowest BCUT2D eigenvalue weighted by molar-refractivity contribution is 0.102. The summed E-state index contributed by atoms with van der Waals surface area (Å²) in [5.41, 5.74) is 1.77. The van der Waals surface area contributed by atoms with Crippen molar-refractivity contribution in [1.29, 1.82) is 0 Å². The van der Waals surface area contributed by atoms with Gasteiger partial charge in [0.25, 0.3) is 11.5 Å². The van der Waals surface area contributed by atoms with Gasteiger partial charge in [0.1, 0.15) is 12.0 Å². The highest BCUT2D eigenvalue weighted by Gasteiger charge is 2.18. The molecule has 112 valence electrons. The third-order valence-electron chi connectivity index (χ3n) is 3.58. The van der Waals surface area contributed by atoms with Crippen LogP contribution in [0.1, 0.15) is 16.1 Å². The van der Waals surface area contributed by atoms with Crippen LogP contribution in [0.4, 0.5) is 5.69 Å². The molecule has 0 spiro atoms. The van der Waals surface area contributed by atoms with E-state index in [1.807, 2.05) is 30.3 Å². The SMILES string of the molecule is Cc1c(NC(=O)c2ccoc2)c(=O)n(-c2ccccc2)n1C. The molecule has 0 bridgehead atoms. The van der Waals surface area contributed by atoms with Gasteiger partial charge in [0.15, 0.2) is 0 Å². The number of aromatic nitrogens is 2. The van der Waals surface area contributed by atoms with Crippen LogP contribution in [-0.4, -0.2) is 15.3 Å². The summed E-state index contributed by atoms with van der Waals surface area (Å²) in [6.45, 7) is 1.78. The van der Waals surface area contributed by atoms with Crippen molar-refractivity contribution in [2.45, 2.75) is 6.92 Å². The van der Waals surface area contributed by atoms with Crippen molar-refractivity contribution < 1.29 is 9.21 Å². The number of rotatable bonds is 3. The van der Waals surface area contributed by atoms with Crippen molar-refractivity contribution in [2.75, 3.05) is 5.32 Å². The molecule has 22 heavy (non-hydrogen) atoms. The van der Waals surface area contributed by atoms with Crippen LogP contribution in [0.25, 0.3) is 5.69 Å². The standard InChI is InChI=1S/C16H15N3O3/c1-11-14(17-15(20)12-8-9-22-10-12)16(21)19(18(11)2)13-6-4-3-5-7-13/h3-10H,1-2H3,(H,17,20). The van der Waals surface area contributed by atoms with Gasteiger partial charge in [-0.05, 0) is 25.1 Å². The van der Waals surface area contributed by atoms with Gasteiger partial charge in [0, 0.05) is 7.05 Å². The number of amides is 1. The smallest absolute Gasteiger partial charge is 0.295 e. The summed E-state index contributed by atoms with van der Waals surface area (Å²) in [5.74, 6) is -0.375. The molecular weight excluding hydrogens is 282 g/mol. The summed E-state index contributed by atoms with van der Waals surface area (Å²) in [7, 11) is 1.78. The number of hydrogen-bond donors (Lipinski definition) is 1. The maximum atomic E-state index is 12.6. The third-order valence-corrected chi connectivity index (χ3v) is 3.58. The number of para-hydroxylation sites is 1. The number of nitrogens with one attached hydrogen (secondary N) is 1. The Balaban J connectivity index is 2.04. The summed E-state index contributed by atoms with van der Waals surface area (Å²) in [5, 5.41) is 2.66. The molecule has 0 unspecified atom stereocenters. The minimum absolute atomic E-state index is 0.262. The van der Waals surface area contributed by atoms with E-state index >= 15 is 0 Å². The van der Waals surface area contributed by atoms with Crippen LogP contribution in [0.15, 0.2) is 58.1 Å². The van der Waals surface area contributed by atoms with Gasteiger partial charge < -0.3 is 9.73 Å². The van der Waals surface area contributed by atoms with Crippen LogP contribution < -0.4 is 10.9 Å². The number of carbonyl (C=O) groups excluding carboxylic acids is 1. The Labute approximate surface area is 126 Å². The van der Waals surface area contributed by atoms with Crippen molar-refractivity contribution in [3.63, 3.8) is 0 Å². The Morgan fingerprint density at radius 2 is 1.91 bits per heavy atom. The summed E-state index contributed by atoms with van der Waals surface area (Å²) in [6, 6.07) is 10.8. The number of anilines is 1. The predicted molar refractivity (Wildman–Crippen MR) is 82.4 cm³/mol. The second-order valence-corrected chi connectivity index (χ2v) is 4.90. The Morgan fingerprint density at radius 3 is 2.55 bits per heavy atom. The first-order valence-electron chi connectivity index (χ1n) is 6.77. The topological polar surface area (TPSA) is 69.2 Å². The van der Waals surface area contributed by atoms with E-state index in [1.165, 1.54) is 17.2 Å². The van der Waals surface area contributed by atoms with E-state index in [1.54, 1.807) is 24.7 Å². The molecule has 2 aromatic heterocycles. The Morgan fingerprint density at radius 1 is 1.18 bits per heavy atom. The summed E-state index contributed by atoms with van der Waals surface area (Å²) >= 11 is 0. The molecule has 0 radical (unpaired) electrons. The lowest BCUT2D eigenvalue weighted by Crippen LogP contribution is -2.22. The molecule has 3 rings (SSSR count). The van der Waals surface area contributed by atoms with Crippen LogP contribution in [0.3, 0.4) is 0 Å². The number of carbonyl (C=O) groups is 1. The van der Waals surface area contributed by atoms with Crippen molar-refractivity contribution in [2.24, 2.45) is 7.05 Å². The predicted octanol–water partition coefficient (Wildman–Crippen LogP) is 2.33. The largest absolute Gasteiger partial charge is 0.472 e. The lowest BCUT2D eigenvalue weighted by atomic mass is 10.3. The highest BCUT2D eigenvalue weighted by atomic mass is 16.3. The van der Waals surface area contributed by atoms with Gasteiger partial charge in [0.05, 0.1) is 23.2 Å². The zero-order valence-electron chi connectivity index (χ0n) is 12.2. The molecule has 1 aromatic carbocycles. The quantitative estimate of drug-likeness (QED) is 0.806. The van der Waals surface area contributed by atoms with Crippen LogP contribution in [0.2, 0.25) is 0 Å². The summed E-state index contributed by atoms with van der Waals surface area (Å²) in [4.78, 5) is 24.7. The summed E-state index contributed by atoms with van der Waals surface area (Å²) < 4.78 is 8.11. The molecule has 0 aliphatic rings. The van der Waals surface area contributed by atoms with Crippen molar-refractivity contribution in [3.05, 3.63) is 70.5 Å². The average molecular weight is 297 g/mol. The Hall–Kier alpha value is -3.02. The molecule has 6 nitrogen and oxygen atoms in total. The van der Waals surface area contributed by atoms with Crippen molar-refractivity contribution >= 4 is 11.6 Å². The molecule has 1 amide bonds. The van der Waals surface area contributed by atoms with Gasteiger partial charge in [-0.25, -0.2) is 4.68 Å². The van der Waals surface area contributed by atoms with E-state index in [4.69, 9.17) is 4.42 Å². The second-order valence-electron chi connectivity index (χ2n) is 4.90. The molecule has 0 aliphatic carbocycles. The lowest BCUT2D eigenvalue weighted by Gasteiger charge is -2.07. The monoisotopic (exact) mass is 297 g/mol. The highest BCUT2D eigenvalue weighted by molar-refractivity contribution is 6.04. The Kier molecular flexibility index (Phi) is 3.42. The van der Waals surface area contributed by atoms with Gasteiger partial charge in [-0.1, -0.05) is 18.2 Å². The minimum atomic E-state index is -0.375. The zero-order valence-corrected chi connectivity index (χ0v) is 12.2. The molecule has 0 fully saturated rings. The number of nitrogens with zero attached hydrogens (tertiary/aromatic N) is 2. The molecule has 6 heteroatoms. The molecule has 1 N–H and O–H groups in total. The highest BCUT2D eigenvalue weighted by Crippen LogP contribution is 2.15. The van der Waals surface area contributed by atoms with Gasteiger partial charge >= 0.3 is 0 Å². The van der Waals surface area contributed by atoms with Crippen LogP contribution in [0, 0.1) is 6.92 Å². The Bertz CT molecular complexity index is 858. The van der Waals surface area contributed by atoms with Gasteiger partial charge in [-0.15, -0.1) is 0 Å². The number of furan rings is 1.